The molecule has 0 aromatic heterocycles. The van der Waals surface area contributed by atoms with Crippen LogP contribution in [0.15, 0.2) is 29.2 Å². The van der Waals surface area contributed by atoms with Crippen molar-refractivity contribution in [2.75, 3.05) is 13.2 Å². The Balaban J connectivity index is 1.58. The largest absolute Gasteiger partial charge is 0.454 e. The molecule has 1 N–H and O–H groups in total. The minimum atomic E-state index is -3.84. The minimum Gasteiger partial charge on any atom is -0.454 e. The molecule has 2 aliphatic rings. The van der Waals surface area contributed by atoms with E-state index in [-0.39, 0.29) is 30.0 Å². The number of carbonyl (C=O) groups excluding carboxylic acids is 2. The molecule has 1 aliphatic carbocycles. The van der Waals surface area contributed by atoms with Gasteiger partial charge in [-0.05, 0) is 49.9 Å². The SMILES string of the molecule is O=C(COC(=O)C1CCCN1S(=O)(=O)c1ccc(Cl)cc1)NC1CCCCC1. The molecular weight excluding hydrogens is 404 g/mol. The van der Waals surface area contributed by atoms with Crippen LogP contribution in [0.3, 0.4) is 0 Å². The van der Waals surface area contributed by atoms with Crippen molar-refractivity contribution in [3.05, 3.63) is 29.3 Å². The lowest BCUT2D eigenvalue weighted by molar-refractivity contribution is -0.151. The Bertz CT molecular complexity index is 806. The Kier molecular flexibility index (Phi) is 6.95. The summed E-state index contributed by atoms with van der Waals surface area (Å²) < 4.78 is 32.0. The summed E-state index contributed by atoms with van der Waals surface area (Å²) in [6.07, 6.45) is 6.16. The number of benzene rings is 1. The van der Waals surface area contributed by atoms with E-state index in [9.17, 15) is 18.0 Å². The summed E-state index contributed by atoms with van der Waals surface area (Å²) in [6.45, 7) is -0.153. The molecule has 1 atom stereocenters. The van der Waals surface area contributed by atoms with Crippen LogP contribution in [-0.2, 0) is 24.3 Å². The van der Waals surface area contributed by atoms with Gasteiger partial charge in [-0.2, -0.15) is 4.31 Å². The molecule has 28 heavy (non-hydrogen) atoms. The molecule has 1 saturated carbocycles. The molecule has 0 radical (unpaired) electrons. The maximum atomic E-state index is 12.9. The quantitative estimate of drug-likeness (QED) is 0.702. The van der Waals surface area contributed by atoms with E-state index in [0.717, 1.165) is 30.0 Å². The smallest absolute Gasteiger partial charge is 0.324 e. The normalized spacial score (nSPS) is 21.4. The third-order valence-electron chi connectivity index (χ3n) is 5.21. The third-order valence-corrected chi connectivity index (χ3v) is 7.39. The molecule has 1 heterocycles. The Hall–Kier alpha value is -1.64. The summed E-state index contributed by atoms with van der Waals surface area (Å²) in [5.74, 6) is -1.03. The summed E-state index contributed by atoms with van der Waals surface area (Å²) >= 11 is 5.82. The first-order valence-electron chi connectivity index (χ1n) is 9.61. The van der Waals surface area contributed by atoms with Crippen LogP contribution >= 0.6 is 11.6 Å². The second-order valence-electron chi connectivity index (χ2n) is 7.24. The van der Waals surface area contributed by atoms with Gasteiger partial charge < -0.3 is 10.1 Å². The highest BCUT2D eigenvalue weighted by molar-refractivity contribution is 7.89. The first-order valence-corrected chi connectivity index (χ1v) is 11.4. The number of hydrogen-bond acceptors (Lipinski definition) is 5. The molecule has 2 fully saturated rings. The molecule has 1 unspecified atom stereocenters. The van der Waals surface area contributed by atoms with Gasteiger partial charge >= 0.3 is 5.97 Å². The van der Waals surface area contributed by atoms with E-state index in [2.05, 4.69) is 5.32 Å². The topological polar surface area (TPSA) is 92.8 Å². The van der Waals surface area contributed by atoms with E-state index in [1.807, 2.05) is 0 Å². The Labute approximate surface area is 170 Å². The molecule has 9 heteroatoms. The molecule has 1 aromatic carbocycles. The Morgan fingerprint density at radius 2 is 1.75 bits per heavy atom. The predicted molar refractivity (Wildman–Crippen MR) is 104 cm³/mol. The Morgan fingerprint density at radius 1 is 1.07 bits per heavy atom. The van der Waals surface area contributed by atoms with Crippen molar-refractivity contribution < 1.29 is 22.7 Å². The zero-order chi connectivity index (χ0) is 20.1. The van der Waals surface area contributed by atoms with Crippen molar-refractivity contribution in [3.8, 4) is 0 Å². The lowest BCUT2D eigenvalue weighted by Gasteiger charge is -2.24. The second-order valence-corrected chi connectivity index (χ2v) is 9.56. The number of esters is 1. The van der Waals surface area contributed by atoms with Crippen molar-refractivity contribution in [2.45, 2.75) is 61.9 Å². The average Bonchev–Trinajstić information content (AvgIpc) is 3.18. The first kappa shape index (κ1) is 21.1. The molecule has 154 valence electrons. The summed E-state index contributed by atoms with van der Waals surface area (Å²) in [5, 5.41) is 3.31. The van der Waals surface area contributed by atoms with Crippen LogP contribution in [0, 0.1) is 0 Å². The second kappa shape index (κ2) is 9.24. The maximum Gasteiger partial charge on any atom is 0.324 e. The summed E-state index contributed by atoms with van der Waals surface area (Å²) in [4.78, 5) is 24.6. The van der Waals surface area contributed by atoms with Crippen LogP contribution in [0.5, 0.6) is 0 Å². The number of amides is 1. The van der Waals surface area contributed by atoms with Crippen molar-refractivity contribution >= 4 is 33.5 Å². The van der Waals surface area contributed by atoms with E-state index in [0.29, 0.717) is 17.9 Å². The number of ether oxygens (including phenoxy) is 1. The van der Waals surface area contributed by atoms with Gasteiger partial charge in [-0.25, -0.2) is 8.42 Å². The highest BCUT2D eigenvalue weighted by Gasteiger charge is 2.40. The van der Waals surface area contributed by atoms with Crippen LogP contribution < -0.4 is 5.32 Å². The molecule has 0 spiro atoms. The predicted octanol–water partition coefficient (Wildman–Crippen LogP) is 2.49. The number of nitrogens with one attached hydrogen (secondary N) is 1. The van der Waals surface area contributed by atoms with Crippen molar-refractivity contribution in [2.24, 2.45) is 0 Å². The molecule has 1 aliphatic heterocycles. The number of sulfonamides is 1. The zero-order valence-electron chi connectivity index (χ0n) is 15.6. The van der Waals surface area contributed by atoms with Gasteiger partial charge in [0.15, 0.2) is 6.61 Å². The summed E-state index contributed by atoms with van der Waals surface area (Å²) in [5.41, 5.74) is 0. The van der Waals surface area contributed by atoms with E-state index < -0.39 is 22.0 Å². The highest BCUT2D eigenvalue weighted by atomic mass is 35.5. The minimum absolute atomic E-state index is 0.0756. The van der Waals surface area contributed by atoms with Crippen LogP contribution in [0.4, 0.5) is 0 Å². The number of halogens is 1. The number of nitrogens with zero attached hydrogens (tertiary/aromatic N) is 1. The van der Waals surface area contributed by atoms with Crippen LogP contribution in [-0.4, -0.2) is 49.8 Å². The lowest BCUT2D eigenvalue weighted by Crippen LogP contribution is -2.43. The maximum absolute atomic E-state index is 12.9. The first-order chi connectivity index (χ1) is 13.4. The molecular formula is C19H25ClN2O5S. The highest BCUT2D eigenvalue weighted by Crippen LogP contribution is 2.27. The monoisotopic (exact) mass is 428 g/mol. The fourth-order valence-corrected chi connectivity index (χ4v) is 5.53. The van der Waals surface area contributed by atoms with E-state index in [1.165, 1.54) is 30.7 Å². The van der Waals surface area contributed by atoms with Gasteiger partial charge in [0, 0.05) is 17.6 Å². The van der Waals surface area contributed by atoms with Crippen molar-refractivity contribution in [1.82, 2.24) is 9.62 Å². The van der Waals surface area contributed by atoms with E-state index in [1.54, 1.807) is 0 Å². The summed E-state index contributed by atoms with van der Waals surface area (Å²) in [7, 11) is -3.84. The zero-order valence-corrected chi connectivity index (χ0v) is 17.2. The van der Waals surface area contributed by atoms with Crippen molar-refractivity contribution in [3.63, 3.8) is 0 Å². The van der Waals surface area contributed by atoms with Gasteiger partial charge in [0.05, 0.1) is 4.90 Å². The van der Waals surface area contributed by atoms with Crippen LogP contribution in [0.2, 0.25) is 5.02 Å². The number of hydrogen-bond donors (Lipinski definition) is 1. The Morgan fingerprint density at radius 3 is 2.43 bits per heavy atom. The standard InChI is InChI=1S/C19H25ClN2O5S/c20-14-8-10-16(11-9-14)28(25,26)22-12-4-7-17(22)19(24)27-13-18(23)21-15-5-2-1-3-6-15/h8-11,15,17H,1-7,12-13H2,(H,21,23). The third kappa shape index (κ3) is 5.04. The molecule has 1 aromatic rings. The number of carbonyl (C=O) groups is 2. The van der Waals surface area contributed by atoms with E-state index >= 15 is 0 Å². The molecule has 3 rings (SSSR count). The van der Waals surface area contributed by atoms with Gasteiger partial charge in [0.2, 0.25) is 10.0 Å². The fourth-order valence-electron chi connectivity index (χ4n) is 3.75. The average molecular weight is 429 g/mol. The van der Waals surface area contributed by atoms with Gasteiger partial charge in [-0.1, -0.05) is 30.9 Å². The van der Waals surface area contributed by atoms with Gasteiger partial charge in [0.1, 0.15) is 6.04 Å². The molecule has 1 saturated heterocycles. The van der Waals surface area contributed by atoms with Crippen molar-refractivity contribution in [1.29, 1.82) is 0 Å². The van der Waals surface area contributed by atoms with E-state index in [4.69, 9.17) is 16.3 Å². The fraction of sp³-hybridized carbons (Fsp3) is 0.579. The van der Waals surface area contributed by atoms with Gasteiger partial charge in [0.25, 0.3) is 5.91 Å². The summed E-state index contributed by atoms with van der Waals surface area (Å²) in [6, 6.07) is 5.03. The van der Waals surface area contributed by atoms with Gasteiger partial charge in [-0.15, -0.1) is 0 Å². The lowest BCUT2D eigenvalue weighted by atomic mass is 9.95. The van der Waals surface area contributed by atoms with Gasteiger partial charge in [-0.3, -0.25) is 9.59 Å². The number of rotatable bonds is 6. The molecule has 0 bridgehead atoms. The van der Waals surface area contributed by atoms with Crippen LogP contribution in [0.25, 0.3) is 0 Å². The molecule has 1 amide bonds. The molecule has 7 nitrogen and oxygen atoms in total. The van der Waals surface area contributed by atoms with Crippen LogP contribution in [0.1, 0.15) is 44.9 Å².